The topological polar surface area (TPSA) is 0 Å². The van der Waals surface area contributed by atoms with Crippen LogP contribution in [0.1, 0.15) is 40.0 Å². The average Bonchev–Trinajstić information content (AvgIpc) is 2.11. The van der Waals surface area contributed by atoms with Gasteiger partial charge >= 0.3 is 0 Å². The number of rotatable bonds is 3. The zero-order valence-corrected chi connectivity index (χ0v) is 8.72. The van der Waals surface area contributed by atoms with Gasteiger partial charge in [-0.15, -0.1) is 19.4 Å². The van der Waals surface area contributed by atoms with Crippen molar-refractivity contribution in [3.05, 3.63) is 24.8 Å². The van der Waals surface area contributed by atoms with Gasteiger partial charge in [-0.25, -0.2) is 0 Å². The number of hydrogen-bond acceptors (Lipinski definition) is 0. The van der Waals surface area contributed by atoms with E-state index in [2.05, 4.69) is 45.4 Å². The molecule has 0 saturated carbocycles. The molecule has 0 nitrogen and oxygen atoms in total. The summed E-state index contributed by atoms with van der Waals surface area (Å²) in [4.78, 5) is 0. The van der Waals surface area contributed by atoms with Gasteiger partial charge < -0.3 is 0 Å². The molecule has 0 spiro atoms. The molecule has 0 aromatic rings. The zero-order valence-electron chi connectivity index (χ0n) is 8.72. The molecular weight excluding hydrogens is 144 g/mol. The van der Waals surface area contributed by atoms with E-state index in [9.17, 15) is 0 Å². The van der Waals surface area contributed by atoms with Crippen LogP contribution in [0, 0.1) is 12.8 Å². The van der Waals surface area contributed by atoms with Crippen LogP contribution in [-0.4, -0.2) is 0 Å². The molecule has 12 heavy (non-hydrogen) atoms. The van der Waals surface area contributed by atoms with E-state index in [1.807, 2.05) is 6.92 Å². The van der Waals surface area contributed by atoms with Crippen LogP contribution >= 0.6 is 0 Å². The van der Waals surface area contributed by atoms with Crippen LogP contribution in [-0.2, 0) is 0 Å². The molecule has 0 amide bonds. The van der Waals surface area contributed by atoms with E-state index in [4.69, 9.17) is 0 Å². The van der Waals surface area contributed by atoms with Crippen molar-refractivity contribution in [2.45, 2.75) is 40.0 Å². The van der Waals surface area contributed by atoms with Gasteiger partial charge in [0.05, 0.1) is 0 Å². The highest BCUT2D eigenvalue weighted by molar-refractivity contribution is 4.75. The fourth-order valence-electron chi connectivity index (χ4n) is 0.489. The van der Waals surface area contributed by atoms with Crippen LogP contribution in [0.3, 0.4) is 0 Å². The molecule has 0 aromatic heterocycles. The molecule has 0 aliphatic carbocycles. The Labute approximate surface area is 78.4 Å². The van der Waals surface area contributed by atoms with Crippen molar-refractivity contribution >= 4 is 0 Å². The maximum absolute atomic E-state index is 4.00. The normalized spacial score (nSPS) is 7.42. The van der Waals surface area contributed by atoms with E-state index in [0.29, 0.717) is 0 Å². The molecule has 70 valence electrons. The molecule has 0 N–H and O–H groups in total. The SMILES string of the molecule is C#C.C/C=C\CCCC.C=CC. The summed E-state index contributed by atoms with van der Waals surface area (Å²) < 4.78 is 0. The summed E-state index contributed by atoms with van der Waals surface area (Å²) >= 11 is 0. The third kappa shape index (κ3) is 63.2. The van der Waals surface area contributed by atoms with Crippen LogP contribution in [0.15, 0.2) is 24.8 Å². The second-order valence-electron chi connectivity index (χ2n) is 2.12. The summed E-state index contributed by atoms with van der Waals surface area (Å²) in [5, 5.41) is 0. The second kappa shape index (κ2) is 32.3. The summed E-state index contributed by atoms with van der Waals surface area (Å²) in [6.07, 6.45) is 18.0. The molecule has 0 saturated heterocycles. The van der Waals surface area contributed by atoms with Gasteiger partial charge in [-0.05, 0) is 20.3 Å². The maximum Gasteiger partial charge on any atom is -0.0351 e. The highest BCUT2D eigenvalue weighted by Crippen LogP contribution is 1.93. The molecule has 0 atom stereocenters. The van der Waals surface area contributed by atoms with Crippen molar-refractivity contribution in [1.29, 1.82) is 0 Å². The molecule has 0 aliphatic heterocycles. The summed E-state index contributed by atoms with van der Waals surface area (Å²) in [5.41, 5.74) is 0. The van der Waals surface area contributed by atoms with Crippen molar-refractivity contribution in [3.63, 3.8) is 0 Å². The zero-order chi connectivity index (χ0) is 10.2. The van der Waals surface area contributed by atoms with Gasteiger partial charge in [0, 0.05) is 0 Å². The average molecular weight is 166 g/mol. The van der Waals surface area contributed by atoms with Gasteiger partial charge in [-0.1, -0.05) is 38.0 Å². The molecule has 0 heteroatoms. The highest BCUT2D eigenvalue weighted by Gasteiger charge is 1.73. The van der Waals surface area contributed by atoms with Crippen molar-refractivity contribution in [1.82, 2.24) is 0 Å². The lowest BCUT2D eigenvalue weighted by molar-refractivity contribution is 0.814. The molecular formula is C12H22. The number of hydrogen-bond donors (Lipinski definition) is 0. The van der Waals surface area contributed by atoms with Crippen molar-refractivity contribution in [3.8, 4) is 12.8 Å². The summed E-state index contributed by atoms with van der Waals surface area (Å²) in [7, 11) is 0. The van der Waals surface area contributed by atoms with E-state index in [0.717, 1.165) is 0 Å². The Morgan fingerprint density at radius 3 is 1.92 bits per heavy atom. The number of terminal acetylenes is 1. The first-order valence-electron chi connectivity index (χ1n) is 4.34. The summed E-state index contributed by atoms with van der Waals surface area (Å²) in [6, 6.07) is 0. The Bertz CT molecular complexity index is 95.9. The highest BCUT2D eigenvalue weighted by atomic mass is 13.8. The predicted molar refractivity (Wildman–Crippen MR) is 60.1 cm³/mol. The second-order valence-corrected chi connectivity index (χ2v) is 2.12. The molecule has 0 bridgehead atoms. The monoisotopic (exact) mass is 166 g/mol. The van der Waals surface area contributed by atoms with Crippen molar-refractivity contribution in [2.75, 3.05) is 0 Å². The van der Waals surface area contributed by atoms with Crippen LogP contribution in [0.4, 0.5) is 0 Å². The minimum absolute atomic E-state index is 1.26. The van der Waals surface area contributed by atoms with Gasteiger partial charge in [0.25, 0.3) is 0 Å². The Morgan fingerprint density at radius 2 is 1.67 bits per heavy atom. The molecule has 0 aliphatic rings. The Morgan fingerprint density at radius 1 is 1.25 bits per heavy atom. The molecule has 0 aromatic carbocycles. The van der Waals surface area contributed by atoms with E-state index in [1.165, 1.54) is 19.3 Å². The number of allylic oxidation sites excluding steroid dienone is 3. The molecule has 0 fully saturated rings. The molecule has 0 unspecified atom stereocenters. The van der Waals surface area contributed by atoms with Crippen molar-refractivity contribution in [2.24, 2.45) is 0 Å². The minimum Gasteiger partial charge on any atom is -0.124 e. The predicted octanol–water partition coefficient (Wildman–Crippen LogP) is 4.19. The van der Waals surface area contributed by atoms with E-state index < -0.39 is 0 Å². The largest absolute Gasteiger partial charge is 0.124 e. The first kappa shape index (κ1) is 17.2. The van der Waals surface area contributed by atoms with Crippen LogP contribution in [0.25, 0.3) is 0 Å². The fraction of sp³-hybridized carbons (Fsp3) is 0.500. The molecule has 0 radical (unpaired) electrons. The standard InChI is InChI=1S/C7H14.C3H6.C2H2/c1-3-5-7-6-4-2;1-3-2;1-2/h3,5H,4,6-7H2,1-2H3;3H,1H2,2H3;1-2H/b5-3-;;. The Kier molecular flexibility index (Phi) is 46.3. The van der Waals surface area contributed by atoms with Crippen LogP contribution < -0.4 is 0 Å². The van der Waals surface area contributed by atoms with Crippen LogP contribution in [0.2, 0.25) is 0 Å². The number of unbranched alkanes of at least 4 members (excludes halogenated alkanes) is 2. The molecule has 0 heterocycles. The Hall–Kier alpha value is -0.960. The third-order valence-electron chi connectivity index (χ3n) is 0.960. The maximum atomic E-state index is 4.00. The first-order valence-corrected chi connectivity index (χ1v) is 4.34. The smallest absolute Gasteiger partial charge is 0.0351 e. The van der Waals surface area contributed by atoms with Gasteiger partial charge in [0.1, 0.15) is 0 Å². The van der Waals surface area contributed by atoms with E-state index >= 15 is 0 Å². The first-order chi connectivity index (χ1) is 5.83. The lowest BCUT2D eigenvalue weighted by Gasteiger charge is -1.83. The van der Waals surface area contributed by atoms with Crippen molar-refractivity contribution < 1.29 is 0 Å². The quantitative estimate of drug-likeness (QED) is 0.335. The van der Waals surface area contributed by atoms with Gasteiger partial charge in [-0.3, -0.25) is 0 Å². The van der Waals surface area contributed by atoms with Gasteiger partial charge in [0.15, 0.2) is 0 Å². The third-order valence-corrected chi connectivity index (χ3v) is 0.960. The summed E-state index contributed by atoms with van der Waals surface area (Å²) in [5.74, 6) is 0. The lowest BCUT2D eigenvalue weighted by Crippen LogP contribution is -1.63. The van der Waals surface area contributed by atoms with E-state index in [-0.39, 0.29) is 0 Å². The summed E-state index contributed by atoms with van der Waals surface area (Å²) in [6.45, 7) is 9.53. The Balaban J connectivity index is -0.000000137. The fourth-order valence-corrected chi connectivity index (χ4v) is 0.489. The van der Waals surface area contributed by atoms with E-state index in [1.54, 1.807) is 6.08 Å². The lowest BCUT2D eigenvalue weighted by atomic mass is 10.2. The minimum atomic E-state index is 1.26. The molecule has 0 rings (SSSR count). The van der Waals surface area contributed by atoms with Gasteiger partial charge in [0.2, 0.25) is 0 Å². The van der Waals surface area contributed by atoms with Gasteiger partial charge in [-0.2, -0.15) is 0 Å². The van der Waals surface area contributed by atoms with Crippen LogP contribution in [0.5, 0.6) is 0 Å².